The smallest absolute Gasteiger partial charge is 0.226 e. The minimum atomic E-state index is -0.457. The first-order valence-corrected chi connectivity index (χ1v) is 9.25. The van der Waals surface area contributed by atoms with Gasteiger partial charge in [-0.2, -0.15) is 0 Å². The molecule has 0 saturated carbocycles. The maximum absolute atomic E-state index is 12.5. The molecule has 0 aliphatic heterocycles. The Morgan fingerprint density at radius 2 is 1.75 bits per heavy atom. The third kappa shape index (κ3) is 6.70. The first kappa shape index (κ1) is 21.4. The Bertz CT molecular complexity index is 852. The Morgan fingerprint density at radius 3 is 2.36 bits per heavy atom. The van der Waals surface area contributed by atoms with E-state index in [9.17, 15) is 14.4 Å². The van der Waals surface area contributed by atoms with Crippen LogP contribution in [0.5, 0.6) is 0 Å². The number of rotatable bonds is 7. The summed E-state index contributed by atoms with van der Waals surface area (Å²) >= 11 is 5.91. The highest BCUT2D eigenvalue weighted by molar-refractivity contribution is 6.30. The van der Waals surface area contributed by atoms with Crippen LogP contribution in [0.3, 0.4) is 0 Å². The number of benzene rings is 2. The second-order valence-corrected chi connectivity index (χ2v) is 7.07. The molecule has 7 heteroatoms. The van der Waals surface area contributed by atoms with Crippen LogP contribution in [0.1, 0.15) is 37.4 Å². The van der Waals surface area contributed by atoms with E-state index in [1.807, 2.05) is 18.2 Å². The highest BCUT2D eigenvalue weighted by Crippen LogP contribution is 2.21. The van der Waals surface area contributed by atoms with Crippen molar-refractivity contribution in [1.29, 1.82) is 0 Å². The number of amides is 3. The summed E-state index contributed by atoms with van der Waals surface area (Å²) in [4.78, 5) is 37.0. The Kier molecular flexibility index (Phi) is 7.58. The molecule has 0 bridgehead atoms. The van der Waals surface area contributed by atoms with Gasteiger partial charge in [0.25, 0.3) is 0 Å². The second-order valence-electron chi connectivity index (χ2n) is 6.63. The highest BCUT2D eigenvalue weighted by atomic mass is 35.5. The molecule has 148 valence electrons. The van der Waals surface area contributed by atoms with Crippen LogP contribution < -0.4 is 10.6 Å². The summed E-state index contributed by atoms with van der Waals surface area (Å²) in [6.45, 7) is 3.37. The van der Waals surface area contributed by atoms with Gasteiger partial charge < -0.3 is 15.5 Å². The van der Waals surface area contributed by atoms with Gasteiger partial charge in [-0.1, -0.05) is 35.9 Å². The van der Waals surface area contributed by atoms with E-state index in [1.54, 1.807) is 42.3 Å². The number of nitrogens with zero attached hydrogens (tertiary/aromatic N) is 1. The van der Waals surface area contributed by atoms with Crippen LogP contribution in [-0.2, 0) is 20.9 Å². The van der Waals surface area contributed by atoms with Gasteiger partial charge in [0.05, 0.1) is 12.5 Å². The number of halogens is 1. The molecule has 0 spiro atoms. The van der Waals surface area contributed by atoms with Crippen molar-refractivity contribution in [3.8, 4) is 0 Å². The lowest BCUT2D eigenvalue weighted by molar-refractivity contribution is -0.128. The minimum absolute atomic E-state index is 0.0319. The van der Waals surface area contributed by atoms with Crippen molar-refractivity contribution in [2.45, 2.75) is 32.9 Å². The van der Waals surface area contributed by atoms with E-state index in [-0.39, 0.29) is 24.1 Å². The number of nitrogens with one attached hydrogen (secondary N) is 2. The van der Waals surface area contributed by atoms with E-state index in [0.29, 0.717) is 17.3 Å². The number of carbonyl (C=O) groups excluding carboxylic acids is 3. The summed E-state index contributed by atoms with van der Waals surface area (Å²) in [5.41, 5.74) is 2.34. The zero-order valence-corrected chi connectivity index (χ0v) is 16.9. The molecule has 2 aromatic rings. The van der Waals surface area contributed by atoms with Gasteiger partial charge in [0, 0.05) is 38.1 Å². The van der Waals surface area contributed by atoms with Gasteiger partial charge in [0.1, 0.15) is 0 Å². The second kappa shape index (κ2) is 9.90. The molecule has 1 unspecified atom stereocenters. The third-order valence-electron chi connectivity index (χ3n) is 4.21. The molecule has 1 atom stereocenters. The van der Waals surface area contributed by atoms with E-state index >= 15 is 0 Å². The van der Waals surface area contributed by atoms with Gasteiger partial charge in [-0.05, 0) is 35.4 Å². The van der Waals surface area contributed by atoms with Crippen LogP contribution in [0, 0.1) is 0 Å². The summed E-state index contributed by atoms with van der Waals surface area (Å²) in [7, 11) is 1.72. The zero-order valence-electron chi connectivity index (χ0n) is 16.2. The molecule has 6 nitrogen and oxygen atoms in total. The van der Waals surface area contributed by atoms with E-state index in [0.717, 1.165) is 11.1 Å². The summed E-state index contributed by atoms with van der Waals surface area (Å²) in [5.74, 6) is -0.483. The molecule has 2 rings (SSSR count). The van der Waals surface area contributed by atoms with Crippen molar-refractivity contribution < 1.29 is 14.4 Å². The summed E-state index contributed by atoms with van der Waals surface area (Å²) in [6, 6.07) is 13.9. The fraction of sp³-hybridized carbons (Fsp3) is 0.286. The third-order valence-corrected chi connectivity index (χ3v) is 4.46. The molecule has 3 amide bonds. The molecular formula is C21H24ClN3O3. The normalized spacial score (nSPS) is 11.4. The highest BCUT2D eigenvalue weighted by Gasteiger charge is 2.17. The first-order chi connectivity index (χ1) is 13.2. The molecular weight excluding hydrogens is 378 g/mol. The Hall–Kier alpha value is -2.86. The molecule has 2 N–H and O–H groups in total. The van der Waals surface area contributed by atoms with Gasteiger partial charge in [0.2, 0.25) is 17.7 Å². The van der Waals surface area contributed by atoms with Gasteiger partial charge in [-0.15, -0.1) is 0 Å². The maximum Gasteiger partial charge on any atom is 0.226 e. The minimum Gasteiger partial charge on any atom is -0.349 e. The lowest BCUT2D eigenvalue weighted by atomic mass is 10.0. The van der Waals surface area contributed by atoms with E-state index < -0.39 is 6.04 Å². The van der Waals surface area contributed by atoms with Crippen LogP contribution >= 0.6 is 11.6 Å². The summed E-state index contributed by atoms with van der Waals surface area (Å²) in [6.07, 6.45) is 0.0821. The van der Waals surface area contributed by atoms with Crippen LogP contribution in [0.15, 0.2) is 48.5 Å². The molecule has 0 radical (unpaired) electrons. The standard InChI is InChI=1S/C21H24ClN3O3/c1-14(26)23-20(17-7-9-18(22)10-8-17)12-21(28)24-19-6-4-5-16(11-19)13-25(3)15(2)27/h4-11,20H,12-13H2,1-3H3,(H,23,26)(H,24,28). The monoisotopic (exact) mass is 401 g/mol. The molecule has 0 saturated heterocycles. The van der Waals surface area contributed by atoms with Gasteiger partial charge in [-0.25, -0.2) is 0 Å². The van der Waals surface area contributed by atoms with Crippen molar-refractivity contribution in [1.82, 2.24) is 10.2 Å². The molecule has 0 aliphatic carbocycles. The lowest BCUT2D eigenvalue weighted by Crippen LogP contribution is -2.29. The van der Waals surface area contributed by atoms with Gasteiger partial charge in [-0.3, -0.25) is 14.4 Å². The average Bonchev–Trinajstić information content (AvgIpc) is 2.61. The topological polar surface area (TPSA) is 78.5 Å². The largest absolute Gasteiger partial charge is 0.349 e. The van der Waals surface area contributed by atoms with Crippen molar-refractivity contribution in [3.05, 3.63) is 64.7 Å². The fourth-order valence-corrected chi connectivity index (χ4v) is 2.85. The molecule has 0 aromatic heterocycles. The summed E-state index contributed by atoms with van der Waals surface area (Å²) < 4.78 is 0. The molecule has 0 fully saturated rings. The van der Waals surface area contributed by atoms with E-state index in [4.69, 9.17) is 11.6 Å². The van der Waals surface area contributed by atoms with E-state index in [2.05, 4.69) is 10.6 Å². The van der Waals surface area contributed by atoms with E-state index in [1.165, 1.54) is 13.8 Å². The molecule has 0 aliphatic rings. The van der Waals surface area contributed by atoms with Crippen LogP contribution in [0.25, 0.3) is 0 Å². The first-order valence-electron chi connectivity index (χ1n) is 8.87. The van der Waals surface area contributed by atoms with Crippen molar-refractivity contribution >= 4 is 35.0 Å². The molecule has 28 heavy (non-hydrogen) atoms. The maximum atomic E-state index is 12.5. The quantitative estimate of drug-likeness (QED) is 0.745. The number of hydrogen-bond donors (Lipinski definition) is 2. The van der Waals surface area contributed by atoms with Crippen LogP contribution in [0.4, 0.5) is 5.69 Å². The number of carbonyl (C=O) groups is 3. The lowest BCUT2D eigenvalue weighted by Gasteiger charge is -2.19. The average molecular weight is 402 g/mol. The Balaban J connectivity index is 2.07. The van der Waals surface area contributed by atoms with Crippen molar-refractivity contribution in [2.75, 3.05) is 12.4 Å². The number of anilines is 1. The number of hydrogen-bond acceptors (Lipinski definition) is 3. The Labute approximate surface area is 169 Å². The fourth-order valence-electron chi connectivity index (χ4n) is 2.72. The predicted octanol–water partition coefficient (Wildman–Crippen LogP) is 3.52. The predicted molar refractivity (Wildman–Crippen MR) is 110 cm³/mol. The van der Waals surface area contributed by atoms with Gasteiger partial charge >= 0.3 is 0 Å². The van der Waals surface area contributed by atoms with Crippen LogP contribution in [0.2, 0.25) is 5.02 Å². The van der Waals surface area contributed by atoms with Gasteiger partial charge in [0.15, 0.2) is 0 Å². The zero-order chi connectivity index (χ0) is 20.7. The van der Waals surface area contributed by atoms with Crippen molar-refractivity contribution in [3.63, 3.8) is 0 Å². The summed E-state index contributed by atoms with van der Waals surface area (Å²) in [5, 5.41) is 6.23. The van der Waals surface area contributed by atoms with Crippen molar-refractivity contribution in [2.24, 2.45) is 0 Å². The molecule has 0 heterocycles. The molecule has 2 aromatic carbocycles. The van der Waals surface area contributed by atoms with Crippen LogP contribution in [-0.4, -0.2) is 29.7 Å². The SMILES string of the molecule is CC(=O)NC(CC(=O)Nc1cccc(CN(C)C(C)=O)c1)c1ccc(Cl)cc1. The Morgan fingerprint density at radius 1 is 1.07 bits per heavy atom.